The van der Waals surface area contributed by atoms with Crippen LogP contribution in [0.25, 0.3) is 6.08 Å². The van der Waals surface area contributed by atoms with Crippen molar-refractivity contribution in [2.45, 2.75) is 6.42 Å². The van der Waals surface area contributed by atoms with Crippen molar-refractivity contribution in [3.63, 3.8) is 0 Å². The Morgan fingerprint density at radius 3 is 3.00 bits per heavy atom. The van der Waals surface area contributed by atoms with E-state index < -0.39 is 0 Å². The molecule has 1 aromatic rings. The van der Waals surface area contributed by atoms with E-state index in [-0.39, 0.29) is 17.8 Å². The van der Waals surface area contributed by atoms with Crippen LogP contribution < -0.4 is 5.55 Å². The minimum Gasteiger partial charge on any atom is -0.443 e. The minimum atomic E-state index is 0.0249. The predicted molar refractivity (Wildman–Crippen MR) is 42.3 cm³/mol. The molecule has 3 nitrogen and oxygen atoms in total. The number of ketones is 1. The van der Waals surface area contributed by atoms with E-state index in [4.69, 9.17) is 9.83 Å². The van der Waals surface area contributed by atoms with Crippen LogP contribution in [-0.2, 0) is 11.2 Å². The average molecular weight is 161 g/mol. The summed E-state index contributed by atoms with van der Waals surface area (Å²) in [5, 5.41) is 7.20. The first-order chi connectivity index (χ1) is 5.75. The van der Waals surface area contributed by atoms with Crippen molar-refractivity contribution in [3.05, 3.63) is 35.1 Å². The molecule has 60 valence electrons. The summed E-state index contributed by atoms with van der Waals surface area (Å²) in [6, 6.07) is 3.35. The average Bonchev–Trinajstić information content (AvgIpc) is 2.03. The zero-order valence-corrected chi connectivity index (χ0v) is 6.33. The van der Waals surface area contributed by atoms with Crippen molar-refractivity contribution in [3.8, 4) is 0 Å². The lowest BCUT2D eigenvalue weighted by atomic mass is 10.0. The molecule has 0 fully saturated rings. The number of carbonyl (C=O) groups is 1. The van der Waals surface area contributed by atoms with Crippen LogP contribution in [0.2, 0.25) is 0 Å². The smallest absolute Gasteiger partial charge is 0.211 e. The lowest BCUT2D eigenvalue weighted by Crippen LogP contribution is -2.09. The number of rotatable bonds is 0. The number of hydrogen-bond donors (Lipinski definition) is 1. The zero-order valence-electron chi connectivity index (χ0n) is 6.33. The maximum absolute atomic E-state index is 10.9. The molecule has 1 heterocycles. The van der Waals surface area contributed by atoms with Crippen LogP contribution in [0.15, 0.2) is 22.6 Å². The van der Waals surface area contributed by atoms with Gasteiger partial charge in [0.1, 0.15) is 5.76 Å². The van der Waals surface area contributed by atoms with Crippen LogP contribution in [0.5, 0.6) is 0 Å². The fraction of sp³-hybridized carbons (Fsp3) is 0.111. The van der Waals surface area contributed by atoms with E-state index in [1.165, 1.54) is 6.08 Å². The van der Waals surface area contributed by atoms with Crippen LogP contribution in [-0.4, -0.2) is 5.78 Å². The maximum atomic E-state index is 10.9. The van der Waals surface area contributed by atoms with Crippen LogP contribution >= 0.6 is 0 Å². The highest BCUT2D eigenvalue weighted by molar-refractivity contribution is 5.97. The van der Waals surface area contributed by atoms with Crippen molar-refractivity contribution in [2.24, 2.45) is 0 Å². The summed E-state index contributed by atoms with van der Waals surface area (Å²) >= 11 is 0. The van der Waals surface area contributed by atoms with Gasteiger partial charge in [0.15, 0.2) is 5.78 Å². The molecule has 0 bridgehead atoms. The third-order valence-corrected chi connectivity index (χ3v) is 1.75. The van der Waals surface area contributed by atoms with Gasteiger partial charge in [0.2, 0.25) is 5.55 Å². The predicted octanol–water partition coefficient (Wildman–Crippen LogP) is 0.897. The van der Waals surface area contributed by atoms with Gasteiger partial charge in [-0.1, -0.05) is 0 Å². The Hall–Kier alpha value is -1.64. The number of nitrogens with one attached hydrogen (secondary N) is 1. The molecule has 0 atom stereocenters. The number of allylic oxidation sites excluding steroid dienone is 1. The number of carbonyl (C=O) groups excluding carboxylic acids is 1. The minimum absolute atomic E-state index is 0.0249. The molecule has 1 aliphatic carbocycles. The molecule has 0 saturated heterocycles. The summed E-state index contributed by atoms with van der Waals surface area (Å²) in [6.07, 6.45) is 3.52. The van der Waals surface area contributed by atoms with Crippen LogP contribution in [0.4, 0.5) is 0 Å². The van der Waals surface area contributed by atoms with Gasteiger partial charge in [0.25, 0.3) is 0 Å². The maximum Gasteiger partial charge on any atom is 0.211 e. The highest BCUT2D eigenvalue weighted by Gasteiger charge is 2.11. The van der Waals surface area contributed by atoms with Crippen LogP contribution in [0.3, 0.4) is 0 Å². The second-order valence-corrected chi connectivity index (χ2v) is 2.65. The quantitative estimate of drug-likeness (QED) is 0.614. The highest BCUT2D eigenvalue weighted by Crippen LogP contribution is 2.14. The van der Waals surface area contributed by atoms with E-state index in [9.17, 15) is 4.79 Å². The molecule has 0 aliphatic heterocycles. The third kappa shape index (κ3) is 1.09. The van der Waals surface area contributed by atoms with Gasteiger partial charge in [-0.25, -0.2) is 0 Å². The molecule has 1 aliphatic rings. The molecule has 2 rings (SSSR count). The number of fused-ring (bicyclic) bond motifs is 1. The molecular formula is C9H7NO2. The largest absolute Gasteiger partial charge is 0.443 e. The van der Waals surface area contributed by atoms with Gasteiger partial charge in [-0.2, -0.15) is 0 Å². The first kappa shape index (κ1) is 7.03. The normalized spacial score (nSPS) is 14.5. The molecule has 3 heteroatoms. The van der Waals surface area contributed by atoms with Crippen molar-refractivity contribution >= 4 is 11.9 Å². The molecule has 0 saturated carbocycles. The van der Waals surface area contributed by atoms with Crippen molar-refractivity contribution in [2.75, 3.05) is 0 Å². The Balaban J connectivity index is 2.61. The van der Waals surface area contributed by atoms with Gasteiger partial charge in [-0.15, -0.1) is 0 Å². The Morgan fingerprint density at radius 1 is 1.33 bits per heavy atom. The molecule has 0 spiro atoms. The standard InChI is InChI=1S/C9H7NO2/c10-9-4-2-6-1-3-7(11)5-8(6)12-9/h1-4,10H,5H2. The van der Waals surface area contributed by atoms with Gasteiger partial charge >= 0.3 is 0 Å². The summed E-state index contributed by atoms with van der Waals surface area (Å²) < 4.78 is 5.06. The highest BCUT2D eigenvalue weighted by atomic mass is 16.3. The fourth-order valence-corrected chi connectivity index (χ4v) is 1.17. The molecule has 12 heavy (non-hydrogen) atoms. The Labute approximate surface area is 68.8 Å². The van der Waals surface area contributed by atoms with Crippen LogP contribution in [0.1, 0.15) is 11.3 Å². The lowest BCUT2D eigenvalue weighted by Gasteiger charge is -2.06. The fourth-order valence-electron chi connectivity index (χ4n) is 1.17. The van der Waals surface area contributed by atoms with Gasteiger partial charge in [-0.3, -0.25) is 10.2 Å². The van der Waals surface area contributed by atoms with Gasteiger partial charge < -0.3 is 4.42 Å². The Bertz CT molecular complexity index is 415. The second-order valence-electron chi connectivity index (χ2n) is 2.65. The van der Waals surface area contributed by atoms with Gasteiger partial charge in [0.05, 0.1) is 6.42 Å². The van der Waals surface area contributed by atoms with E-state index in [0.717, 1.165) is 5.56 Å². The number of hydrogen-bond acceptors (Lipinski definition) is 3. The molecule has 0 amide bonds. The molecule has 0 radical (unpaired) electrons. The van der Waals surface area contributed by atoms with Crippen molar-refractivity contribution < 1.29 is 9.21 Å². The van der Waals surface area contributed by atoms with Crippen molar-refractivity contribution in [1.29, 1.82) is 5.41 Å². The molecule has 1 N–H and O–H groups in total. The summed E-state index contributed by atoms with van der Waals surface area (Å²) in [4.78, 5) is 10.9. The third-order valence-electron chi connectivity index (χ3n) is 1.75. The van der Waals surface area contributed by atoms with E-state index in [1.807, 2.05) is 0 Å². The van der Waals surface area contributed by atoms with Gasteiger partial charge in [0, 0.05) is 11.6 Å². The van der Waals surface area contributed by atoms with Crippen LogP contribution in [0, 0.1) is 5.41 Å². The first-order valence-electron chi connectivity index (χ1n) is 3.64. The Kier molecular flexibility index (Phi) is 1.43. The van der Waals surface area contributed by atoms with E-state index in [0.29, 0.717) is 5.76 Å². The van der Waals surface area contributed by atoms with Gasteiger partial charge in [-0.05, 0) is 18.2 Å². The van der Waals surface area contributed by atoms with Crippen molar-refractivity contribution in [1.82, 2.24) is 0 Å². The topological polar surface area (TPSA) is 54.1 Å². The van der Waals surface area contributed by atoms with E-state index in [1.54, 1.807) is 18.2 Å². The monoisotopic (exact) mass is 161 g/mol. The summed E-state index contributed by atoms with van der Waals surface area (Å²) in [5.74, 6) is 0.617. The summed E-state index contributed by atoms with van der Waals surface area (Å²) in [6.45, 7) is 0. The Morgan fingerprint density at radius 2 is 2.17 bits per heavy atom. The zero-order chi connectivity index (χ0) is 8.55. The summed E-state index contributed by atoms with van der Waals surface area (Å²) in [7, 11) is 0. The van der Waals surface area contributed by atoms with E-state index >= 15 is 0 Å². The second kappa shape index (κ2) is 2.44. The molecule has 0 aromatic carbocycles. The SMILES string of the molecule is N=c1ccc2c(o1)CC(=O)C=C2. The molecular weight excluding hydrogens is 154 g/mol. The van der Waals surface area contributed by atoms with E-state index in [2.05, 4.69) is 0 Å². The molecule has 1 aromatic heterocycles. The lowest BCUT2D eigenvalue weighted by molar-refractivity contribution is -0.114. The first-order valence-corrected chi connectivity index (χ1v) is 3.64. The molecule has 0 unspecified atom stereocenters. The summed E-state index contributed by atoms with van der Waals surface area (Å²) in [5.41, 5.74) is 0.988.